The number of ether oxygens (including phenoxy) is 1. The summed E-state index contributed by atoms with van der Waals surface area (Å²) in [6.45, 7) is 1.22. The number of carbonyl (C=O) groups excluding carboxylic acids is 1. The first-order chi connectivity index (χ1) is 19.3. The topological polar surface area (TPSA) is 134 Å². The minimum atomic E-state index is -5.08. The summed E-state index contributed by atoms with van der Waals surface area (Å²) in [5.41, 5.74) is 0.720. The minimum absolute atomic E-state index is 0.0725. The lowest BCUT2D eigenvalue weighted by Gasteiger charge is -2.21. The Morgan fingerprint density at radius 3 is 2.27 bits per heavy atom. The number of rotatable bonds is 7. The molecule has 0 saturated carbocycles. The van der Waals surface area contributed by atoms with Gasteiger partial charge in [0.25, 0.3) is 11.5 Å². The Labute approximate surface area is 231 Å². The molecule has 1 aliphatic heterocycles. The lowest BCUT2D eigenvalue weighted by Crippen LogP contribution is -2.33. The fourth-order valence-electron chi connectivity index (χ4n) is 4.09. The molecule has 220 valence electrons. The number of likely N-dealkylation sites (tertiary alicyclic amines) is 1. The number of nitrogens with zero attached hydrogens (tertiary/aromatic N) is 3. The number of carbonyl (C=O) groups is 2. The number of aromatic nitrogens is 2. The Hall–Kier alpha value is -4.30. The molecule has 4 rings (SSSR count). The largest absolute Gasteiger partial charge is 0.501 e. The van der Waals surface area contributed by atoms with Crippen LogP contribution in [0.2, 0.25) is 0 Å². The number of aromatic hydroxyl groups is 1. The number of hydrogen-bond acceptors (Lipinski definition) is 7. The standard InChI is InChI=1S/C25H27FN4O4.C2HF3O2/c1-29-14-19(34-15-17-6-4-3-5-7-17)12-20(29)23-28-21(22(31)25(33)30(23)2)24(32)27-13-16-8-10-18(26)11-9-16;3-2(4,5)1(6)7/h3-11,19-20,31H,12-15H2,1-2H3,(H,27,32);(H,6,7)/t19-,20+;/m1./s1. The molecule has 2 aromatic carbocycles. The van der Waals surface area contributed by atoms with Crippen molar-refractivity contribution in [1.29, 1.82) is 0 Å². The molecule has 1 fully saturated rings. The van der Waals surface area contributed by atoms with Crippen LogP contribution in [-0.2, 0) is 29.7 Å². The second kappa shape index (κ2) is 13.4. The molecular formula is C27H28F4N4O6. The average molecular weight is 581 g/mol. The molecule has 2 heterocycles. The van der Waals surface area contributed by atoms with E-state index in [2.05, 4.69) is 10.3 Å². The summed E-state index contributed by atoms with van der Waals surface area (Å²) in [5, 5.41) is 20.1. The van der Waals surface area contributed by atoms with Crippen LogP contribution >= 0.6 is 0 Å². The summed E-state index contributed by atoms with van der Waals surface area (Å²) in [7, 11) is 3.43. The number of benzene rings is 2. The minimum Gasteiger partial charge on any atom is -0.501 e. The number of carboxylic acids is 1. The van der Waals surface area contributed by atoms with Crippen LogP contribution in [0.4, 0.5) is 17.6 Å². The van der Waals surface area contributed by atoms with Gasteiger partial charge in [0, 0.05) is 20.1 Å². The van der Waals surface area contributed by atoms with Gasteiger partial charge in [-0.15, -0.1) is 0 Å². The van der Waals surface area contributed by atoms with Crippen LogP contribution in [0.5, 0.6) is 5.75 Å². The van der Waals surface area contributed by atoms with E-state index in [1.807, 2.05) is 42.3 Å². The third kappa shape index (κ3) is 8.35. The van der Waals surface area contributed by atoms with E-state index in [0.29, 0.717) is 31.0 Å². The molecule has 1 aromatic heterocycles. The van der Waals surface area contributed by atoms with Gasteiger partial charge in [0.05, 0.1) is 18.8 Å². The number of carboxylic acid groups (broad SMARTS) is 1. The summed E-state index contributed by atoms with van der Waals surface area (Å²) in [4.78, 5) is 40.7. The fraction of sp³-hybridized carbons (Fsp3) is 0.333. The highest BCUT2D eigenvalue weighted by Gasteiger charge is 2.38. The molecule has 0 bridgehead atoms. The van der Waals surface area contributed by atoms with Gasteiger partial charge in [-0.05, 0) is 36.7 Å². The van der Waals surface area contributed by atoms with Crippen LogP contribution in [0.3, 0.4) is 0 Å². The predicted molar refractivity (Wildman–Crippen MR) is 137 cm³/mol. The number of aliphatic carboxylic acids is 1. The molecule has 1 saturated heterocycles. The summed E-state index contributed by atoms with van der Waals surface area (Å²) in [5.74, 6) is -4.15. The van der Waals surface area contributed by atoms with Gasteiger partial charge >= 0.3 is 12.1 Å². The van der Waals surface area contributed by atoms with Crippen molar-refractivity contribution >= 4 is 11.9 Å². The number of likely N-dealkylation sites (N-methyl/N-ethyl adjacent to an activating group) is 1. The van der Waals surface area contributed by atoms with Crippen molar-refractivity contribution in [2.45, 2.75) is 37.9 Å². The Kier molecular flexibility index (Phi) is 10.2. The van der Waals surface area contributed by atoms with Crippen molar-refractivity contribution in [1.82, 2.24) is 19.8 Å². The highest BCUT2D eigenvalue weighted by atomic mass is 19.4. The Bertz CT molecular complexity index is 1410. The van der Waals surface area contributed by atoms with Crippen molar-refractivity contribution < 1.29 is 42.1 Å². The monoisotopic (exact) mass is 580 g/mol. The number of amides is 1. The van der Waals surface area contributed by atoms with Gasteiger partial charge in [-0.2, -0.15) is 13.2 Å². The van der Waals surface area contributed by atoms with E-state index >= 15 is 0 Å². The van der Waals surface area contributed by atoms with Crippen molar-refractivity contribution in [3.8, 4) is 5.75 Å². The SMILES string of the molecule is CN1C[C@H](OCc2ccccc2)C[C@H]1c1nc(C(=O)NCc2ccc(F)cc2)c(O)c(=O)n1C.O=C(O)C(F)(F)F. The third-order valence-corrected chi connectivity index (χ3v) is 6.26. The van der Waals surface area contributed by atoms with E-state index in [4.69, 9.17) is 14.6 Å². The molecule has 0 radical (unpaired) electrons. The van der Waals surface area contributed by atoms with Crippen LogP contribution in [0.1, 0.15) is 39.9 Å². The molecule has 1 amide bonds. The summed E-state index contributed by atoms with van der Waals surface area (Å²) in [6.07, 6.45) is -4.57. The van der Waals surface area contributed by atoms with E-state index in [0.717, 1.165) is 5.56 Å². The van der Waals surface area contributed by atoms with Crippen LogP contribution < -0.4 is 10.9 Å². The second-order valence-corrected chi connectivity index (χ2v) is 9.25. The van der Waals surface area contributed by atoms with Crippen molar-refractivity contribution in [2.24, 2.45) is 7.05 Å². The molecule has 0 spiro atoms. The van der Waals surface area contributed by atoms with Crippen LogP contribution in [-0.4, -0.2) is 62.4 Å². The molecule has 3 aromatic rings. The van der Waals surface area contributed by atoms with Crippen molar-refractivity contribution in [3.63, 3.8) is 0 Å². The fourth-order valence-corrected chi connectivity index (χ4v) is 4.09. The van der Waals surface area contributed by atoms with E-state index in [9.17, 15) is 32.3 Å². The van der Waals surface area contributed by atoms with Crippen LogP contribution in [0.25, 0.3) is 0 Å². The third-order valence-electron chi connectivity index (χ3n) is 6.26. The van der Waals surface area contributed by atoms with Crippen LogP contribution in [0, 0.1) is 5.82 Å². The average Bonchev–Trinajstić information content (AvgIpc) is 3.30. The van der Waals surface area contributed by atoms with E-state index in [1.165, 1.54) is 23.7 Å². The number of hydrogen-bond donors (Lipinski definition) is 3. The molecule has 10 nitrogen and oxygen atoms in total. The Morgan fingerprint density at radius 2 is 1.68 bits per heavy atom. The quantitative estimate of drug-likeness (QED) is 0.363. The van der Waals surface area contributed by atoms with Gasteiger partial charge < -0.3 is 20.3 Å². The zero-order valence-corrected chi connectivity index (χ0v) is 22.1. The molecule has 0 unspecified atom stereocenters. The first-order valence-electron chi connectivity index (χ1n) is 12.3. The van der Waals surface area contributed by atoms with E-state index in [1.54, 1.807) is 12.1 Å². The highest BCUT2D eigenvalue weighted by Crippen LogP contribution is 2.31. The molecule has 2 atom stereocenters. The maximum atomic E-state index is 13.1. The molecule has 1 aliphatic rings. The van der Waals surface area contributed by atoms with Crippen molar-refractivity contribution in [2.75, 3.05) is 13.6 Å². The second-order valence-electron chi connectivity index (χ2n) is 9.25. The predicted octanol–water partition coefficient (Wildman–Crippen LogP) is 3.15. The lowest BCUT2D eigenvalue weighted by atomic mass is 10.1. The summed E-state index contributed by atoms with van der Waals surface area (Å²) in [6, 6.07) is 15.3. The first kappa shape index (κ1) is 31.2. The number of alkyl halides is 3. The number of halogens is 4. The Balaban J connectivity index is 0.000000587. The normalized spacial score (nSPS) is 17.0. The first-order valence-corrected chi connectivity index (χ1v) is 12.3. The smallest absolute Gasteiger partial charge is 0.490 e. The highest BCUT2D eigenvalue weighted by molar-refractivity contribution is 5.94. The summed E-state index contributed by atoms with van der Waals surface area (Å²) >= 11 is 0. The van der Waals surface area contributed by atoms with Crippen LogP contribution in [0.15, 0.2) is 59.4 Å². The van der Waals surface area contributed by atoms with Gasteiger partial charge in [-0.1, -0.05) is 42.5 Å². The number of nitrogens with one attached hydrogen (secondary N) is 1. The van der Waals surface area contributed by atoms with E-state index in [-0.39, 0.29) is 30.2 Å². The van der Waals surface area contributed by atoms with Gasteiger partial charge in [-0.3, -0.25) is 19.1 Å². The maximum absolute atomic E-state index is 13.1. The zero-order chi connectivity index (χ0) is 30.3. The lowest BCUT2D eigenvalue weighted by molar-refractivity contribution is -0.192. The van der Waals surface area contributed by atoms with Crippen molar-refractivity contribution in [3.05, 3.63) is 93.4 Å². The Morgan fingerprint density at radius 1 is 1.07 bits per heavy atom. The summed E-state index contributed by atoms with van der Waals surface area (Å²) < 4.78 is 52.2. The zero-order valence-electron chi connectivity index (χ0n) is 22.1. The van der Waals surface area contributed by atoms with Gasteiger partial charge in [0.1, 0.15) is 11.6 Å². The molecule has 0 aliphatic carbocycles. The molecule has 14 heteroatoms. The molecular weight excluding hydrogens is 552 g/mol. The maximum Gasteiger partial charge on any atom is 0.490 e. The molecule has 41 heavy (non-hydrogen) atoms. The van der Waals surface area contributed by atoms with E-state index < -0.39 is 29.4 Å². The van der Waals surface area contributed by atoms with Gasteiger partial charge in [-0.25, -0.2) is 14.2 Å². The van der Waals surface area contributed by atoms with Gasteiger partial charge in [0.2, 0.25) is 5.75 Å². The van der Waals surface area contributed by atoms with Gasteiger partial charge in [0.15, 0.2) is 5.69 Å². The molecule has 3 N–H and O–H groups in total.